The van der Waals surface area contributed by atoms with Gasteiger partial charge in [-0.25, -0.2) is 9.97 Å². The lowest BCUT2D eigenvalue weighted by molar-refractivity contribution is -0.127. The molecule has 3 aromatic rings. The van der Waals surface area contributed by atoms with Gasteiger partial charge in [0.05, 0.1) is 17.6 Å². The molecule has 1 fully saturated rings. The van der Waals surface area contributed by atoms with Crippen molar-refractivity contribution in [2.45, 2.75) is 37.5 Å². The molecule has 4 heterocycles. The number of hydrogen-bond acceptors (Lipinski definition) is 6. The minimum atomic E-state index is -0.435. The number of hydrogen-bond donors (Lipinski definition) is 2. The number of carbonyl (C=O) groups excluding carboxylic acids is 1. The van der Waals surface area contributed by atoms with Gasteiger partial charge in [0.25, 0.3) is 5.56 Å². The number of fused-ring (bicyclic) bond motifs is 4. The first-order valence-electron chi connectivity index (χ1n) is 11.8. The Morgan fingerprint density at radius 2 is 1.82 bits per heavy atom. The Hall–Kier alpha value is -3.36. The first-order chi connectivity index (χ1) is 16.6. The standard InChI is InChI=1S/C26H27N5O3/c1-30-23-20(12-31-22(23)7-6-19(26(31)34)17-10-27-14-28-11-17)21(13-32)24(30)25(33)29-18-8-15-4-2-3-5-16(15)9-18/h2-7,10-11,14,18,20-21,23-24,32H,8-9,12-13H2,1H3,(H,29,33)/t20-,21-,23+,24-/m0/s1. The average molecular weight is 458 g/mol. The maximum Gasteiger partial charge on any atom is 0.258 e. The van der Waals surface area contributed by atoms with Crippen LogP contribution < -0.4 is 10.9 Å². The Labute approximate surface area is 197 Å². The molecule has 8 heteroatoms. The van der Waals surface area contributed by atoms with Crippen LogP contribution in [0.2, 0.25) is 0 Å². The minimum absolute atomic E-state index is 0.0125. The summed E-state index contributed by atoms with van der Waals surface area (Å²) in [6.07, 6.45) is 6.38. The molecular weight excluding hydrogens is 430 g/mol. The van der Waals surface area contributed by atoms with Gasteiger partial charge >= 0.3 is 0 Å². The van der Waals surface area contributed by atoms with Crippen LogP contribution in [0.5, 0.6) is 0 Å². The maximum absolute atomic E-state index is 13.4. The monoisotopic (exact) mass is 457 g/mol. The van der Waals surface area contributed by atoms with Gasteiger partial charge in [-0.2, -0.15) is 0 Å². The lowest BCUT2D eigenvalue weighted by atomic mass is 9.88. The van der Waals surface area contributed by atoms with Crippen LogP contribution in [0.15, 0.2) is 59.9 Å². The van der Waals surface area contributed by atoms with Crippen molar-refractivity contribution < 1.29 is 9.90 Å². The van der Waals surface area contributed by atoms with Crippen LogP contribution >= 0.6 is 0 Å². The summed E-state index contributed by atoms with van der Waals surface area (Å²) in [7, 11) is 1.93. The van der Waals surface area contributed by atoms with Crippen molar-refractivity contribution in [1.29, 1.82) is 0 Å². The highest BCUT2D eigenvalue weighted by Gasteiger charge is 2.54. The number of likely N-dealkylation sites (N-methyl/N-ethyl adjacent to an activating group) is 1. The van der Waals surface area contributed by atoms with Gasteiger partial charge in [-0.1, -0.05) is 24.3 Å². The number of carbonyl (C=O) groups is 1. The predicted molar refractivity (Wildman–Crippen MR) is 126 cm³/mol. The number of nitrogens with zero attached hydrogens (tertiary/aromatic N) is 4. The molecule has 0 spiro atoms. The van der Waals surface area contributed by atoms with E-state index in [4.69, 9.17) is 0 Å². The smallest absolute Gasteiger partial charge is 0.258 e. The van der Waals surface area contributed by atoms with E-state index in [-0.39, 0.29) is 42.0 Å². The molecule has 1 aromatic carbocycles. The third kappa shape index (κ3) is 3.20. The summed E-state index contributed by atoms with van der Waals surface area (Å²) >= 11 is 0. The minimum Gasteiger partial charge on any atom is -0.396 e. The van der Waals surface area contributed by atoms with E-state index in [9.17, 15) is 14.7 Å². The van der Waals surface area contributed by atoms with Gasteiger partial charge in [0.15, 0.2) is 0 Å². The van der Waals surface area contributed by atoms with Crippen LogP contribution in [0.1, 0.15) is 22.9 Å². The number of nitrogens with one attached hydrogen (secondary N) is 1. The first kappa shape index (κ1) is 21.2. The summed E-state index contributed by atoms with van der Waals surface area (Å²) < 4.78 is 1.79. The van der Waals surface area contributed by atoms with Crippen LogP contribution in [0, 0.1) is 11.8 Å². The zero-order valence-corrected chi connectivity index (χ0v) is 19.0. The van der Waals surface area contributed by atoms with Gasteiger partial charge in [-0.05, 0) is 43.1 Å². The number of aliphatic hydroxyl groups is 1. The topological polar surface area (TPSA) is 100 Å². The van der Waals surface area contributed by atoms with Crippen molar-refractivity contribution in [3.8, 4) is 11.1 Å². The third-order valence-corrected chi connectivity index (χ3v) is 7.89. The number of pyridine rings is 1. The molecule has 6 rings (SSSR count). The zero-order valence-electron chi connectivity index (χ0n) is 19.0. The molecule has 0 unspecified atom stereocenters. The largest absolute Gasteiger partial charge is 0.396 e. The van der Waals surface area contributed by atoms with Gasteiger partial charge in [0.1, 0.15) is 6.33 Å². The van der Waals surface area contributed by atoms with E-state index in [1.807, 2.05) is 36.2 Å². The van der Waals surface area contributed by atoms with Crippen molar-refractivity contribution in [2.24, 2.45) is 11.8 Å². The molecule has 34 heavy (non-hydrogen) atoms. The Bertz CT molecular complexity index is 1280. The molecule has 174 valence electrons. The summed E-state index contributed by atoms with van der Waals surface area (Å²) in [4.78, 5) is 36.8. The molecular formula is C26H27N5O3. The summed E-state index contributed by atoms with van der Waals surface area (Å²) in [5.74, 6) is -0.302. The quantitative estimate of drug-likeness (QED) is 0.610. The van der Waals surface area contributed by atoms with Crippen molar-refractivity contribution in [2.75, 3.05) is 13.7 Å². The number of rotatable bonds is 4. The summed E-state index contributed by atoms with van der Waals surface area (Å²) in [6.45, 7) is 0.380. The van der Waals surface area contributed by atoms with Crippen molar-refractivity contribution in [3.63, 3.8) is 0 Å². The first-order valence-corrected chi connectivity index (χ1v) is 11.8. The van der Waals surface area contributed by atoms with Crippen LogP contribution in [-0.4, -0.2) is 56.2 Å². The van der Waals surface area contributed by atoms with E-state index in [2.05, 4.69) is 27.4 Å². The van der Waals surface area contributed by atoms with Gasteiger partial charge in [-0.3, -0.25) is 14.5 Å². The second kappa shape index (κ2) is 8.14. The molecule has 1 aliphatic carbocycles. The lowest BCUT2D eigenvalue weighted by Crippen LogP contribution is -2.50. The fraction of sp³-hybridized carbons (Fsp3) is 0.385. The van der Waals surface area contributed by atoms with E-state index in [1.54, 1.807) is 17.0 Å². The SMILES string of the molecule is CN1[C@H](C(=O)NC2Cc3ccccc3C2)[C@@H](CO)[C@@H]2Cn3c(ccc(-c4cncnc4)c3=O)[C@@H]21. The molecule has 1 amide bonds. The van der Waals surface area contributed by atoms with Crippen molar-refractivity contribution in [3.05, 3.63) is 82.3 Å². The molecule has 2 aliphatic heterocycles. The number of benzene rings is 1. The number of amides is 1. The Kier molecular flexibility index (Phi) is 5.08. The summed E-state index contributed by atoms with van der Waals surface area (Å²) in [6, 6.07) is 11.6. The normalized spacial score (nSPS) is 25.7. The molecule has 2 aromatic heterocycles. The van der Waals surface area contributed by atoms with E-state index >= 15 is 0 Å². The number of aliphatic hydroxyl groups excluding tert-OH is 1. The molecule has 0 bridgehead atoms. The second-order valence-corrected chi connectivity index (χ2v) is 9.66. The highest BCUT2D eigenvalue weighted by atomic mass is 16.3. The Balaban J connectivity index is 1.26. The van der Waals surface area contributed by atoms with E-state index in [1.165, 1.54) is 17.5 Å². The van der Waals surface area contributed by atoms with E-state index < -0.39 is 6.04 Å². The molecule has 2 N–H and O–H groups in total. The summed E-state index contributed by atoms with van der Waals surface area (Å²) in [5.41, 5.74) is 4.62. The molecule has 3 aliphatic rings. The molecule has 4 atom stereocenters. The fourth-order valence-electron chi connectivity index (χ4n) is 6.38. The molecule has 0 radical (unpaired) electrons. The predicted octanol–water partition coefficient (Wildman–Crippen LogP) is 1.18. The number of likely N-dealkylation sites (tertiary alicyclic amines) is 1. The highest BCUT2D eigenvalue weighted by molar-refractivity contribution is 5.83. The second-order valence-electron chi connectivity index (χ2n) is 9.66. The average Bonchev–Trinajstić information content (AvgIpc) is 3.51. The third-order valence-electron chi connectivity index (χ3n) is 7.89. The van der Waals surface area contributed by atoms with Crippen molar-refractivity contribution in [1.82, 2.24) is 24.8 Å². The molecule has 8 nitrogen and oxygen atoms in total. The molecule has 1 saturated heterocycles. The van der Waals surface area contributed by atoms with Gasteiger partial charge in [0, 0.05) is 54.7 Å². The highest BCUT2D eigenvalue weighted by Crippen LogP contribution is 2.48. The van der Waals surface area contributed by atoms with Gasteiger partial charge in [-0.15, -0.1) is 0 Å². The van der Waals surface area contributed by atoms with Crippen molar-refractivity contribution >= 4 is 5.91 Å². The molecule has 0 saturated carbocycles. The number of aromatic nitrogens is 3. The van der Waals surface area contributed by atoms with E-state index in [0.29, 0.717) is 17.7 Å². The maximum atomic E-state index is 13.4. The van der Waals surface area contributed by atoms with Crippen LogP contribution in [0.25, 0.3) is 11.1 Å². The Morgan fingerprint density at radius 3 is 2.50 bits per heavy atom. The fourth-order valence-corrected chi connectivity index (χ4v) is 6.38. The van der Waals surface area contributed by atoms with Crippen LogP contribution in [0.4, 0.5) is 0 Å². The van der Waals surface area contributed by atoms with Crippen LogP contribution in [-0.2, 0) is 24.2 Å². The lowest BCUT2D eigenvalue weighted by Gasteiger charge is -2.28. The zero-order chi connectivity index (χ0) is 23.4. The van der Waals surface area contributed by atoms with Crippen LogP contribution in [0.3, 0.4) is 0 Å². The Morgan fingerprint density at radius 1 is 1.12 bits per heavy atom. The van der Waals surface area contributed by atoms with Gasteiger partial charge < -0.3 is 15.0 Å². The summed E-state index contributed by atoms with van der Waals surface area (Å²) in [5, 5.41) is 13.6. The van der Waals surface area contributed by atoms with Gasteiger partial charge in [0.2, 0.25) is 5.91 Å². The van der Waals surface area contributed by atoms with E-state index in [0.717, 1.165) is 18.5 Å².